The first-order valence-electron chi connectivity index (χ1n) is 27.6. The summed E-state index contributed by atoms with van der Waals surface area (Å²) in [6.45, 7) is 13.7. The van der Waals surface area contributed by atoms with Crippen molar-refractivity contribution in [2.45, 2.75) is 311 Å². The van der Waals surface area contributed by atoms with Gasteiger partial charge in [0, 0.05) is 19.3 Å². The average molecular weight is 877 g/mol. The van der Waals surface area contributed by atoms with Gasteiger partial charge in [0.15, 0.2) is 6.10 Å². The second-order valence-electron chi connectivity index (χ2n) is 20.6. The Hall–Kier alpha value is -1.59. The molecule has 0 aliphatic heterocycles. The second-order valence-corrected chi connectivity index (χ2v) is 20.6. The molecule has 0 aromatic rings. The number of esters is 3. The first kappa shape index (κ1) is 60.4. The molecule has 0 aliphatic carbocycles. The highest BCUT2D eigenvalue weighted by atomic mass is 16.6. The molecule has 0 heterocycles. The highest BCUT2D eigenvalue weighted by Crippen LogP contribution is 2.18. The van der Waals surface area contributed by atoms with Crippen molar-refractivity contribution in [2.24, 2.45) is 17.8 Å². The van der Waals surface area contributed by atoms with Crippen LogP contribution in [0.1, 0.15) is 305 Å². The van der Waals surface area contributed by atoms with Crippen LogP contribution in [0.3, 0.4) is 0 Å². The molecule has 0 unspecified atom stereocenters. The molecule has 6 heteroatoms. The van der Waals surface area contributed by atoms with Crippen LogP contribution in [0.15, 0.2) is 0 Å². The summed E-state index contributed by atoms with van der Waals surface area (Å²) in [6, 6.07) is 0. The van der Waals surface area contributed by atoms with Crippen LogP contribution in [0.5, 0.6) is 0 Å². The molecule has 62 heavy (non-hydrogen) atoms. The maximum absolute atomic E-state index is 12.8. The minimum absolute atomic E-state index is 0.0647. The SMILES string of the molecule is CC(C)CCCCCCCCCCCCCCCCCC(=O)O[C@H](COC(=O)CCCCCCCCCCCCCCCCC(C)C)COC(=O)CCCCCCCCC(C)C. The minimum atomic E-state index is -0.763. The van der Waals surface area contributed by atoms with Crippen molar-refractivity contribution in [3.63, 3.8) is 0 Å². The average Bonchev–Trinajstić information content (AvgIpc) is 3.23. The van der Waals surface area contributed by atoms with Crippen LogP contribution >= 0.6 is 0 Å². The van der Waals surface area contributed by atoms with E-state index in [2.05, 4.69) is 41.5 Å². The molecule has 0 aliphatic rings. The number of rotatable bonds is 49. The van der Waals surface area contributed by atoms with Crippen LogP contribution in [-0.2, 0) is 28.6 Å². The van der Waals surface area contributed by atoms with Gasteiger partial charge in [-0.05, 0) is 37.0 Å². The number of hydrogen-bond acceptors (Lipinski definition) is 6. The first-order valence-corrected chi connectivity index (χ1v) is 27.6. The molecule has 0 spiro atoms. The van der Waals surface area contributed by atoms with Gasteiger partial charge < -0.3 is 14.2 Å². The predicted octanol–water partition coefficient (Wildman–Crippen LogP) is 17.9. The Morgan fingerprint density at radius 3 is 0.694 bits per heavy atom. The Bertz CT molecular complexity index is 960. The van der Waals surface area contributed by atoms with E-state index in [1.54, 1.807) is 0 Å². The molecule has 0 fully saturated rings. The van der Waals surface area contributed by atoms with E-state index in [0.717, 1.165) is 75.5 Å². The molecule has 0 saturated heterocycles. The topological polar surface area (TPSA) is 78.9 Å². The van der Waals surface area contributed by atoms with Gasteiger partial charge in [-0.3, -0.25) is 14.4 Å². The molecule has 0 radical (unpaired) electrons. The Morgan fingerprint density at radius 1 is 0.274 bits per heavy atom. The number of carbonyl (C=O) groups excluding carboxylic acids is 3. The molecule has 0 saturated carbocycles. The maximum atomic E-state index is 12.8. The molecule has 0 N–H and O–H groups in total. The van der Waals surface area contributed by atoms with Gasteiger partial charge >= 0.3 is 17.9 Å². The largest absolute Gasteiger partial charge is 0.462 e. The predicted molar refractivity (Wildman–Crippen MR) is 266 cm³/mol. The molecule has 0 aromatic carbocycles. The third-order valence-corrected chi connectivity index (χ3v) is 12.6. The van der Waals surface area contributed by atoms with Gasteiger partial charge in [0.05, 0.1) is 0 Å². The molecule has 0 bridgehead atoms. The van der Waals surface area contributed by atoms with E-state index in [9.17, 15) is 14.4 Å². The molecule has 0 rings (SSSR count). The normalized spacial score (nSPS) is 12.1. The van der Waals surface area contributed by atoms with Crippen molar-refractivity contribution in [1.82, 2.24) is 0 Å². The van der Waals surface area contributed by atoms with Crippen molar-refractivity contribution in [3.05, 3.63) is 0 Å². The van der Waals surface area contributed by atoms with Crippen molar-refractivity contribution < 1.29 is 28.6 Å². The lowest BCUT2D eigenvalue weighted by Gasteiger charge is -2.18. The zero-order valence-corrected chi connectivity index (χ0v) is 42.7. The van der Waals surface area contributed by atoms with Crippen LogP contribution in [0.25, 0.3) is 0 Å². The summed E-state index contributed by atoms with van der Waals surface area (Å²) >= 11 is 0. The van der Waals surface area contributed by atoms with Gasteiger partial charge in [-0.1, -0.05) is 266 Å². The zero-order valence-electron chi connectivity index (χ0n) is 42.7. The van der Waals surface area contributed by atoms with Crippen LogP contribution in [0, 0.1) is 17.8 Å². The highest BCUT2D eigenvalue weighted by molar-refractivity contribution is 5.71. The summed E-state index contributed by atoms with van der Waals surface area (Å²) < 4.78 is 16.8. The van der Waals surface area contributed by atoms with Crippen LogP contribution < -0.4 is 0 Å². The van der Waals surface area contributed by atoms with Crippen LogP contribution in [-0.4, -0.2) is 37.2 Å². The summed E-state index contributed by atoms with van der Waals surface area (Å²) in [5.74, 6) is 1.60. The maximum Gasteiger partial charge on any atom is 0.306 e. The molecular weight excluding hydrogens is 769 g/mol. The Kier molecular flexibility index (Phi) is 46.2. The quantitative estimate of drug-likeness (QED) is 0.0344. The summed E-state index contributed by atoms with van der Waals surface area (Å²) in [4.78, 5) is 38.0. The van der Waals surface area contributed by atoms with Crippen molar-refractivity contribution in [2.75, 3.05) is 13.2 Å². The van der Waals surface area contributed by atoms with Gasteiger partial charge in [0.1, 0.15) is 13.2 Å². The van der Waals surface area contributed by atoms with Crippen molar-refractivity contribution in [3.8, 4) is 0 Å². The number of carbonyl (C=O) groups is 3. The summed E-state index contributed by atoms with van der Waals surface area (Å²) in [7, 11) is 0. The van der Waals surface area contributed by atoms with Gasteiger partial charge in [0.2, 0.25) is 0 Å². The lowest BCUT2D eigenvalue weighted by molar-refractivity contribution is -0.167. The number of hydrogen-bond donors (Lipinski definition) is 0. The van der Waals surface area contributed by atoms with Crippen LogP contribution in [0.4, 0.5) is 0 Å². The molecule has 0 amide bonds. The van der Waals surface area contributed by atoms with Crippen molar-refractivity contribution in [1.29, 1.82) is 0 Å². The first-order chi connectivity index (χ1) is 30.1. The van der Waals surface area contributed by atoms with E-state index in [4.69, 9.17) is 14.2 Å². The van der Waals surface area contributed by atoms with E-state index in [-0.39, 0.29) is 31.1 Å². The fraction of sp³-hybridized carbons (Fsp3) is 0.946. The van der Waals surface area contributed by atoms with E-state index < -0.39 is 6.10 Å². The zero-order chi connectivity index (χ0) is 45.6. The van der Waals surface area contributed by atoms with Crippen molar-refractivity contribution >= 4 is 17.9 Å². The third kappa shape index (κ3) is 49.4. The highest BCUT2D eigenvalue weighted by Gasteiger charge is 2.19. The van der Waals surface area contributed by atoms with Gasteiger partial charge in [0.25, 0.3) is 0 Å². The lowest BCUT2D eigenvalue weighted by atomic mass is 10.0. The van der Waals surface area contributed by atoms with E-state index >= 15 is 0 Å². The fourth-order valence-corrected chi connectivity index (χ4v) is 8.47. The van der Waals surface area contributed by atoms with E-state index in [0.29, 0.717) is 19.3 Å². The fourth-order valence-electron chi connectivity index (χ4n) is 8.47. The van der Waals surface area contributed by atoms with Gasteiger partial charge in [-0.2, -0.15) is 0 Å². The Labute approximate surface area is 387 Å². The molecule has 0 aromatic heterocycles. The monoisotopic (exact) mass is 877 g/mol. The molecule has 368 valence electrons. The third-order valence-electron chi connectivity index (χ3n) is 12.6. The van der Waals surface area contributed by atoms with Crippen LogP contribution in [0.2, 0.25) is 0 Å². The molecular formula is C56H108O6. The summed E-state index contributed by atoms with van der Waals surface area (Å²) in [5.41, 5.74) is 0. The standard InChI is InChI=1S/C56H108O6/c1-50(2)42-36-30-24-20-16-12-8-7-9-15-19-23-27-35-41-47-56(59)62-53(49-61-55(58)46-40-34-29-28-32-38-44-52(5)6)48-60-54(57)45-39-33-26-22-18-14-11-10-13-17-21-25-31-37-43-51(3)4/h50-53H,7-49H2,1-6H3/t53-/m1/s1. The molecule has 6 nitrogen and oxygen atoms in total. The number of unbranched alkanes of at least 4 members (excludes halogenated alkanes) is 32. The smallest absolute Gasteiger partial charge is 0.306 e. The second kappa shape index (κ2) is 47.4. The van der Waals surface area contributed by atoms with Gasteiger partial charge in [-0.25, -0.2) is 0 Å². The summed E-state index contributed by atoms with van der Waals surface area (Å²) in [5, 5.41) is 0. The Morgan fingerprint density at radius 2 is 0.468 bits per heavy atom. The van der Waals surface area contributed by atoms with E-state index in [1.807, 2.05) is 0 Å². The molecule has 1 atom stereocenters. The Balaban J connectivity index is 4.24. The summed E-state index contributed by atoms with van der Waals surface area (Å²) in [6.07, 6.45) is 48.2. The number of ether oxygens (including phenoxy) is 3. The van der Waals surface area contributed by atoms with Gasteiger partial charge in [-0.15, -0.1) is 0 Å². The van der Waals surface area contributed by atoms with E-state index in [1.165, 1.54) is 186 Å². The lowest BCUT2D eigenvalue weighted by Crippen LogP contribution is -2.30. The minimum Gasteiger partial charge on any atom is -0.462 e.